The predicted molar refractivity (Wildman–Crippen MR) is 97.3 cm³/mol. The number of fused-ring (bicyclic) bond motifs is 1. The molecule has 2 amide bonds. The Morgan fingerprint density at radius 3 is 2.31 bits per heavy atom. The Bertz CT molecular complexity index is 789. The van der Waals surface area contributed by atoms with Gasteiger partial charge in [-0.3, -0.25) is 9.59 Å². The van der Waals surface area contributed by atoms with Gasteiger partial charge < -0.3 is 9.80 Å². The number of rotatable bonds is 2. The average Bonchev–Trinajstić information content (AvgIpc) is 3.01. The lowest BCUT2D eigenvalue weighted by atomic mass is 9.73. The number of nitrogens with zero attached hydrogens (tertiary/aromatic N) is 5. The van der Waals surface area contributed by atoms with Gasteiger partial charge in [-0.1, -0.05) is 12.1 Å². The van der Waals surface area contributed by atoms with Gasteiger partial charge in [-0.05, 0) is 43.2 Å². The Morgan fingerprint density at radius 1 is 1.04 bits per heavy atom. The van der Waals surface area contributed by atoms with E-state index in [4.69, 9.17) is 0 Å². The van der Waals surface area contributed by atoms with Crippen LogP contribution in [0.15, 0.2) is 24.3 Å². The van der Waals surface area contributed by atoms with Gasteiger partial charge in [0.2, 0.25) is 11.8 Å². The monoisotopic (exact) mass is 355 g/mol. The van der Waals surface area contributed by atoms with E-state index in [1.54, 1.807) is 0 Å². The Balaban J connectivity index is 1.36. The first-order valence-electron chi connectivity index (χ1n) is 9.36. The second kappa shape index (κ2) is 6.70. The molecule has 0 radical (unpaired) electrons. The first-order chi connectivity index (χ1) is 12.5. The van der Waals surface area contributed by atoms with Crippen molar-refractivity contribution in [2.24, 2.45) is 5.41 Å². The van der Waals surface area contributed by atoms with Crippen molar-refractivity contribution in [1.82, 2.24) is 24.8 Å². The van der Waals surface area contributed by atoms with Crippen LogP contribution in [0.2, 0.25) is 0 Å². The van der Waals surface area contributed by atoms with Crippen molar-refractivity contribution in [1.29, 1.82) is 0 Å². The number of likely N-dealkylation sites (tertiary alicyclic amines) is 2. The van der Waals surface area contributed by atoms with Crippen LogP contribution >= 0.6 is 0 Å². The number of amides is 2. The van der Waals surface area contributed by atoms with Crippen LogP contribution < -0.4 is 0 Å². The fraction of sp³-hybridized carbons (Fsp3) is 0.579. The van der Waals surface area contributed by atoms with Gasteiger partial charge in [0.25, 0.3) is 0 Å². The van der Waals surface area contributed by atoms with Gasteiger partial charge in [-0.25, -0.2) is 0 Å². The number of hydrogen-bond donors (Lipinski definition) is 0. The molecule has 2 aromatic rings. The van der Waals surface area contributed by atoms with Crippen molar-refractivity contribution in [2.45, 2.75) is 38.6 Å². The third kappa shape index (κ3) is 3.30. The molecule has 2 saturated heterocycles. The summed E-state index contributed by atoms with van der Waals surface area (Å²) in [5.74, 6) is 0.319. The average molecular weight is 355 g/mol. The molecule has 4 rings (SSSR count). The minimum Gasteiger partial charge on any atom is -0.346 e. The van der Waals surface area contributed by atoms with Crippen LogP contribution in [0.3, 0.4) is 0 Å². The predicted octanol–water partition coefficient (Wildman–Crippen LogP) is 1.68. The van der Waals surface area contributed by atoms with Crippen LogP contribution in [0.25, 0.3) is 11.0 Å². The number of hydrogen-bond acceptors (Lipinski definition) is 4. The molecule has 2 fully saturated rings. The highest BCUT2D eigenvalue weighted by molar-refractivity contribution is 5.77. The zero-order valence-electron chi connectivity index (χ0n) is 15.2. The van der Waals surface area contributed by atoms with Crippen molar-refractivity contribution >= 4 is 22.8 Å². The first kappa shape index (κ1) is 17.0. The molecule has 2 aliphatic rings. The molecule has 0 bridgehead atoms. The summed E-state index contributed by atoms with van der Waals surface area (Å²) >= 11 is 0. The van der Waals surface area contributed by atoms with Crippen molar-refractivity contribution in [3.63, 3.8) is 0 Å². The fourth-order valence-electron chi connectivity index (χ4n) is 4.14. The van der Waals surface area contributed by atoms with Gasteiger partial charge in [0, 0.05) is 33.1 Å². The summed E-state index contributed by atoms with van der Waals surface area (Å²) < 4.78 is 0. The molecule has 138 valence electrons. The second-order valence-corrected chi connectivity index (χ2v) is 7.67. The van der Waals surface area contributed by atoms with E-state index in [-0.39, 0.29) is 23.8 Å². The second-order valence-electron chi connectivity index (χ2n) is 7.67. The highest BCUT2D eigenvalue weighted by atomic mass is 16.2. The third-order valence-corrected chi connectivity index (χ3v) is 6.05. The molecule has 3 heterocycles. The lowest BCUT2D eigenvalue weighted by molar-refractivity contribution is -0.135. The van der Waals surface area contributed by atoms with Crippen molar-refractivity contribution in [3.8, 4) is 0 Å². The maximum Gasteiger partial charge on any atom is 0.246 e. The van der Waals surface area contributed by atoms with E-state index in [9.17, 15) is 9.59 Å². The number of piperidine rings is 1. The summed E-state index contributed by atoms with van der Waals surface area (Å²) in [4.78, 5) is 29.9. The molecule has 0 saturated carbocycles. The van der Waals surface area contributed by atoms with Crippen molar-refractivity contribution in [3.05, 3.63) is 24.3 Å². The number of carbonyl (C=O) groups is 2. The molecule has 1 aromatic heterocycles. The highest BCUT2D eigenvalue weighted by Gasteiger charge is 2.38. The van der Waals surface area contributed by atoms with Gasteiger partial charge in [0.05, 0.1) is 0 Å². The Morgan fingerprint density at radius 2 is 1.65 bits per heavy atom. The molecule has 2 aliphatic heterocycles. The minimum absolute atomic E-state index is 0.0713. The molecule has 26 heavy (non-hydrogen) atoms. The van der Waals surface area contributed by atoms with Gasteiger partial charge in [0.1, 0.15) is 17.6 Å². The van der Waals surface area contributed by atoms with Crippen LogP contribution in [0.4, 0.5) is 0 Å². The zero-order valence-corrected chi connectivity index (χ0v) is 15.2. The van der Waals surface area contributed by atoms with E-state index in [1.165, 1.54) is 4.80 Å². The number of benzene rings is 1. The molecule has 1 aromatic carbocycles. The van der Waals surface area contributed by atoms with Gasteiger partial charge in [0.15, 0.2) is 0 Å². The summed E-state index contributed by atoms with van der Waals surface area (Å²) in [5.41, 5.74) is 1.84. The summed E-state index contributed by atoms with van der Waals surface area (Å²) in [5, 5.41) is 8.75. The Hall–Kier alpha value is -2.44. The highest BCUT2D eigenvalue weighted by Crippen LogP contribution is 2.41. The van der Waals surface area contributed by atoms with E-state index < -0.39 is 0 Å². The van der Waals surface area contributed by atoms with Crippen molar-refractivity contribution < 1.29 is 9.59 Å². The van der Waals surface area contributed by atoms with E-state index in [0.29, 0.717) is 6.42 Å². The van der Waals surface area contributed by atoms with Gasteiger partial charge >= 0.3 is 0 Å². The molecule has 1 spiro atoms. The molecular weight excluding hydrogens is 330 g/mol. The van der Waals surface area contributed by atoms with Crippen LogP contribution in [0, 0.1) is 5.41 Å². The lowest BCUT2D eigenvalue weighted by Crippen LogP contribution is -2.44. The van der Waals surface area contributed by atoms with E-state index in [2.05, 4.69) is 10.2 Å². The quantitative estimate of drug-likeness (QED) is 0.822. The van der Waals surface area contributed by atoms with Gasteiger partial charge in [-0.2, -0.15) is 15.0 Å². The summed E-state index contributed by atoms with van der Waals surface area (Å²) in [6, 6.07) is 7.64. The summed E-state index contributed by atoms with van der Waals surface area (Å²) in [6.45, 7) is 2.54. The van der Waals surface area contributed by atoms with Crippen LogP contribution in [-0.2, 0) is 16.1 Å². The third-order valence-electron chi connectivity index (χ3n) is 6.05. The summed E-state index contributed by atoms with van der Waals surface area (Å²) in [6.07, 6.45) is 4.59. The van der Waals surface area contributed by atoms with E-state index in [0.717, 1.165) is 56.4 Å². The lowest BCUT2D eigenvalue weighted by Gasteiger charge is -2.41. The normalized spacial score (nSPS) is 20.6. The Labute approximate surface area is 152 Å². The molecule has 0 atom stereocenters. The van der Waals surface area contributed by atoms with Crippen LogP contribution in [-0.4, -0.2) is 63.3 Å². The van der Waals surface area contributed by atoms with Crippen LogP contribution in [0.5, 0.6) is 0 Å². The molecule has 7 nitrogen and oxygen atoms in total. The van der Waals surface area contributed by atoms with Crippen LogP contribution in [0.1, 0.15) is 32.1 Å². The number of carbonyl (C=O) groups excluding carboxylic acids is 2. The minimum atomic E-state index is 0.0713. The smallest absolute Gasteiger partial charge is 0.246 e. The fourth-order valence-corrected chi connectivity index (χ4v) is 4.14. The maximum absolute atomic E-state index is 12.7. The number of aromatic nitrogens is 3. The van der Waals surface area contributed by atoms with E-state index in [1.807, 2.05) is 41.1 Å². The van der Waals surface area contributed by atoms with Crippen molar-refractivity contribution in [2.75, 3.05) is 26.7 Å². The van der Waals surface area contributed by atoms with E-state index >= 15 is 0 Å². The topological polar surface area (TPSA) is 71.3 Å². The Kier molecular flexibility index (Phi) is 4.38. The SMILES string of the molecule is CN1CCC2(CCC1=O)CCN(C(=O)Cn1nc3ccccc3n1)CC2. The maximum atomic E-state index is 12.7. The molecule has 0 N–H and O–H groups in total. The summed E-state index contributed by atoms with van der Waals surface area (Å²) in [7, 11) is 1.89. The molecule has 0 aliphatic carbocycles. The molecule has 7 heteroatoms. The molecular formula is C19H25N5O2. The standard InChI is InChI=1S/C19H25N5O2/c1-22-11-8-19(7-6-17(22)25)9-12-23(13-10-19)18(26)14-24-20-15-4-2-3-5-16(15)21-24/h2-5H,6-14H2,1H3. The zero-order chi connectivity index (χ0) is 18.1. The van der Waals surface area contributed by atoms with Gasteiger partial charge in [-0.15, -0.1) is 0 Å². The molecule has 0 unspecified atom stereocenters. The largest absolute Gasteiger partial charge is 0.346 e. The first-order valence-corrected chi connectivity index (χ1v) is 9.36.